The molecule has 96 valence electrons. The van der Waals surface area contributed by atoms with Crippen molar-refractivity contribution in [3.05, 3.63) is 16.3 Å². The van der Waals surface area contributed by atoms with E-state index in [1.165, 1.54) is 10.4 Å². The number of nitrogens with zero attached hydrogens (tertiary/aromatic N) is 2. The molecule has 1 saturated heterocycles. The summed E-state index contributed by atoms with van der Waals surface area (Å²) in [4.78, 5) is 11.5. The Bertz CT molecular complexity index is 589. The third-order valence-corrected chi connectivity index (χ3v) is 4.58. The zero-order valence-electron chi connectivity index (χ0n) is 10.5. The third kappa shape index (κ3) is 1.77. The molecular formula is C12H16N4OS. The lowest BCUT2D eigenvalue weighted by molar-refractivity contribution is 0.193. The topological polar surface area (TPSA) is 73.1 Å². The number of nitrogen functional groups attached to an aromatic ring is 1. The van der Waals surface area contributed by atoms with Gasteiger partial charge >= 0.3 is 0 Å². The maximum Gasteiger partial charge on any atom is 0.152 e. The molecule has 5 nitrogen and oxygen atoms in total. The van der Waals surface area contributed by atoms with E-state index in [0.29, 0.717) is 12.5 Å². The van der Waals surface area contributed by atoms with Crippen LogP contribution in [0.5, 0.6) is 0 Å². The summed E-state index contributed by atoms with van der Waals surface area (Å²) in [5, 5.41) is 1.04. The minimum absolute atomic E-state index is 0.296. The summed E-state index contributed by atoms with van der Waals surface area (Å²) in [6.45, 7) is 5.68. The van der Waals surface area contributed by atoms with Gasteiger partial charge in [-0.1, -0.05) is 0 Å². The van der Waals surface area contributed by atoms with Crippen LogP contribution in [0.1, 0.15) is 28.6 Å². The van der Waals surface area contributed by atoms with Gasteiger partial charge in [0.25, 0.3) is 0 Å². The fraction of sp³-hybridized carbons (Fsp3) is 0.500. The minimum Gasteiger partial charge on any atom is -0.381 e. The summed E-state index contributed by atoms with van der Waals surface area (Å²) in [6.07, 6.45) is 0.985. The Kier molecular flexibility index (Phi) is 2.93. The molecule has 3 heterocycles. The number of anilines is 1. The highest BCUT2D eigenvalue weighted by Crippen LogP contribution is 2.34. The van der Waals surface area contributed by atoms with E-state index in [2.05, 4.69) is 29.2 Å². The van der Waals surface area contributed by atoms with Crippen molar-refractivity contribution in [3.63, 3.8) is 0 Å². The molecule has 3 rings (SSSR count). The van der Waals surface area contributed by atoms with Crippen LogP contribution in [0.2, 0.25) is 0 Å². The quantitative estimate of drug-likeness (QED) is 0.642. The Labute approximate surface area is 109 Å². The molecule has 18 heavy (non-hydrogen) atoms. The number of nitrogens with one attached hydrogen (secondary N) is 1. The van der Waals surface area contributed by atoms with Gasteiger partial charge < -0.3 is 10.2 Å². The highest BCUT2D eigenvalue weighted by Gasteiger charge is 2.23. The highest BCUT2D eigenvalue weighted by atomic mass is 32.1. The van der Waals surface area contributed by atoms with Gasteiger partial charge in [0.2, 0.25) is 0 Å². The van der Waals surface area contributed by atoms with Gasteiger partial charge in [-0.05, 0) is 25.8 Å². The first-order valence-electron chi connectivity index (χ1n) is 6.02. The number of hydrogen-bond donors (Lipinski definition) is 2. The molecule has 2 aromatic rings. The molecule has 0 saturated carbocycles. The first-order valence-corrected chi connectivity index (χ1v) is 6.84. The van der Waals surface area contributed by atoms with Crippen LogP contribution in [0, 0.1) is 13.8 Å². The standard InChI is InChI=1S/C12H16N4OS/c1-6-7(2)18-12-9(6)11(16-13)14-10(15-12)8-3-4-17-5-8/h8H,3-5,13H2,1-2H3,(H,14,15,16). The van der Waals surface area contributed by atoms with E-state index < -0.39 is 0 Å². The second kappa shape index (κ2) is 4.46. The molecule has 6 heteroatoms. The summed E-state index contributed by atoms with van der Waals surface area (Å²) >= 11 is 1.69. The molecule has 0 bridgehead atoms. The van der Waals surface area contributed by atoms with E-state index in [4.69, 9.17) is 10.6 Å². The number of nitrogens with two attached hydrogens (primary N) is 1. The van der Waals surface area contributed by atoms with E-state index in [0.717, 1.165) is 34.9 Å². The van der Waals surface area contributed by atoms with Crippen LogP contribution in [0.25, 0.3) is 10.2 Å². The summed E-state index contributed by atoms with van der Waals surface area (Å²) in [6, 6.07) is 0. The number of hydrogen-bond acceptors (Lipinski definition) is 6. The molecular weight excluding hydrogens is 248 g/mol. The molecule has 1 unspecified atom stereocenters. The van der Waals surface area contributed by atoms with E-state index in [9.17, 15) is 0 Å². The van der Waals surface area contributed by atoms with Crippen molar-refractivity contribution in [3.8, 4) is 0 Å². The highest BCUT2D eigenvalue weighted by molar-refractivity contribution is 7.18. The van der Waals surface area contributed by atoms with Gasteiger partial charge in [-0.2, -0.15) is 0 Å². The Balaban J connectivity index is 2.18. The summed E-state index contributed by atoms with van der Waals surface area (Å²) in [5.41, 5.74) is 3.91. The molecule has 0 spiro atoms. The molecule has 2 aromatic heterocycles. The maximum atomic E-state index is 5.59. The molecule has 1 aliphatic rings. The zero-order valence-corrected chi connectivity index (χ0v) is 11.3. The predicted octanol–water partition coefficient (Wildman–Crippen LogP) is 2.10. The smallest absolute Gasteiger partial charge is 0.152 e. The van der Waals surface area contributed by atoms with Crippen molar-refractivity contribution in [2.75, 3.05) is 18.6 Å². The van der Waals surface area contributed by atoms with E-state index in [1.54, 1.807) is 11.3 Å². The lowest BCUT2D eigenvalue weighted by Crippen LogP contribution is -2.13. The van der Waals surface area contributed by atoms with Crippen molar-refractivity contribution >= 4 is 27.4 Å². The van der Waals surface area contributed by atoms with Gasteiger partial charge in [0.05, 0.1) is 12.0 Å². The van der Waals surface area contributed by atoms with E-state index in [1.807, 2.05) is 0 Å². The van der Waals surface area contributed by atoms with Crippen molar-refractivity contribution in [1.29, 1.82) is 0 Å². The average Bonchev–Trinajstić information content (AvgIpc) is 2.98. The van der Waals surface area contributed by atoms with Crippen LogP contribution < -0.4 is 11.3 Å². The molecule has 1 atom stereocenters. The Morgan fingerprint density at radius 1 is 1.39 bits per heavy atom. The van der Waals surface area contributed by atoms with Gasteiger partial charge in [-0.3, -0.25) is 0 Å². The first-order chi connectivity index (χ1) is 8.70. The van der Waals surface area contributed by atoms with Crippen LogP contribution in [0.15, 0.2) is 0 Å². The van der Waals surface area contributed by atoms with Crippen molar-refractivity contribution in [1.82, 2.24) is 9.97 Å². The lowest BCUT2D eigenvalue weighted by atomic mass is 10.1. The Hall–Kier alpha value is -1.24. The number of thiophene rings is 1. The van der Waals surface area contributed by atoms with E-state index >= 15 is 0 Å². The summed E-state index contributed by atoms with van der Waals surface area (Å²) < 4.78 is 5.40. The Morgan fingerprint density at radius 3 is 2.89 bits per heavy atom. The number of rotatable bonds is 2. The fourth-order valence-electron chi connectivity index (χ4n) is 2.29. The summed E-state index contributed by atoms with van der Waals surface area (Å²) in [5.74, 6) is 7.46. The van der Waals surface area contributed by atoms with Gasteiger partial charge in [0.15, 0.2) is 5.82 Å². The van der Waals surface area contributed by atoms with Crippen LogP contribution in [-0.2, 0) is 4.74 Å². The van der Waals surface area contributed by atoms with Crippen molar-refractivity contribution in [2.45, 2.75) is 26.2 Å². The number of fused-ring (bicyclic) bond motifs is 1. The molecule has 3 N–H and O–H groups in total. The van der Waals surface area contributed by atoms with Crippen molar-refractivity contribution < 1.29 is 4.74 Å². The first kappa shape index (κ1) is 11.8. The average molecular weight is 264 g/mol. The Morgan fingerprint density at radius 2 is 2.22 bits per heavy atom. The SMILES string of the molecule is Cc1sc2nc(C3CCOC3)nc(NN)c2c1C. The van der Waals surface area contributed by atoms with Gasteiger partial charge in [-0.25, -0.2) is 15.8 Å². The molecule has 0 amide bonds. The largest absolute Gasteiger partial charge is 0.381 e. The number of hydrazine groups is 1. The zero-order chi connectivity index (χ0) is 12.7. The molecule has 0 aromatic carbocycles. The second-order valence-electron chi connectivity index (χ2n) is 4.60. The number of ether oxygens (including phenoxy) is 1. The van der Waals surface area contributed by atoms with Crippen LogP contribution in [-0.4, -0.2) is 23.2 Å². The van der Waals surface area contributed by atoms with Crippen molar-refractivity contribution in [2.24, 2.45) is 5.84 Å². The van der Waals surface area contributed by atoms with Crippen LogP contribution >= 0.6 is 11.3 Å². The number of aryl methyl sites for hydroxylation is 2. The van der Waals surface area contributed by atoms with Crippen LogP contribution in [0.3, 0.4) is 0 Å². The predicted molar refractivity (Wildman–Crippen MR) is 72.9 cm³/mol. The maximum absolute atomic E-state index is 5.59. The molecule has 1 aliphatic heterocycles. The molecule has 0 radical (unpaired) electrons. The normalized spacial score (nSPS) is 19.6. The second-order valence-corrected chi connectivity index (χ2v) is 5.80. The van der Waals surface area contributed by atoms with Crippen LogP contribution in [0.4, 0.5) is 5.82 Å². The minimum atomic E-state index is 0.296. The fourth-order valence-corrected chi connectivity index (χ4v) is 3.33. The molecule has 1 fully saturated rings. The van der Waals surface area contributed by atoms with E-state index in [-0.39, 0.29) is 0 Å². The summed E-state index contributed by atoms with van der Waals surface area (Å²) in [7, 11) is 0. The molecule has 0 aliphatic carbocycles. The lowest BCUT2D eigenvalue weighted by Gasteiger charge is -2.09. The van der Waals surface area contributed by atoms with Gasteiger partial charge in [-0.15, -0.1) is 11.3 Å². The monoisotopic (exact) mass is 264 g/mol. The number of aromatic nitrogens is 2. The van der Waals surface area contributed by atoms with Gasteiger partial charge in [0.1, 0.15) is 10.7 Å². The third-order valence-electron chi connectivity index (χ3n) is 3.48. The van der Waals surface area contributed by atoms with Gasteiger partial charge in [0, 0.05) is 17.4 Å².